The second-order valence-corrected chi connectivity index (χ2v) is 4.36. The molecule has 3 aromatic rings. The van der Waals surface area contributed by atoms with E-state index in [0.717, 1.165) is 5.69 Å². The Bertz CT molecular complexity index is 703. The minimum Gasteiger partial charge on any atom is -0.379 e. The maximum atomic E-state index is 14.0. The van der Waals surface area contributed by atoms with Gasteiger partial charge in [0.1, 0.15) is 18.3 Å². The molecule has 7 heteroatoms. The van der Waals surface area contributed by atoms with Crippen LogP contribution in [0.15, 0.2) is 43.4 Å². The number of aryl methyl sites for hydroxylation is 1. The number of benzene rings is 1. The highest BCUT2D eigenvalue weighted by atomic mass is 19.1. The highest BCUT2D eigenvalue weighted by Crippen LogP contribution is 2.17. The minimum absolute atomic E-state index is 0.356. The van der Waals surface area contributed by atoms with E-state index in [1.807, 2.05) is 11.6 Å². The molecule has 0 fully saturated rings. The van der Waals surface area contributed by atoms with Crippen LogP contribution in [0.5, 0.6) is 0 Å². The highest BCUT2D eigenvalue weighted by molar-refractivity contribution is 5.49. The number of rotatable bonds is 4. The van der Waals surface area contributed by atoms with E-state index in [4.69, 9.17) is 0 Å². The van der Waals surface area contributed by atoms with Gasteiger partial charge in [0, 0.05) is 18.9 Å². The summed E-state index contributed by atoms with van der Waals surface area (Å²) in [4.78, 5) is 7.83. The molecule has 0 aliphatic rings. The lowest BCUT2D eigenvalue weighted by atomic mass is 10.2. The number of nitrogens with zero attached hydrogens (tertiary/aromatic N) is 5. The molecule has 0 saturated carbocycles. The molecule has 1 N–H and O–H groups in total. The number of hydrogen-bond donors (Lipinski definition) is 1. The third-order valence-electron chi connectivity index (χ3n) is 3.00. The van der Waals surface area contributed by atoms with Crippen molar-refractivity contribution in [3.63, 3.8) is 0 Å². The van der Waals surface area contributed by atoms with Crippen LogP contribution in [0.3, 0.4) is 0 Å². The van der Waals surface area contributed by atoms with E-state index in [1.165, 1.54) is 23.4 Å². The van der Waals surface area contributed by atoms with E-state index in [0.29, 0.717) is 17.9 Å². The van der Waals surface area contributed by atoms with Crippen LogP contribution in [0.2, 0.25) is 0 Å². The van der Waals surface area contributed by atoms with Crippen LogP contribution in [-0.2, 0) is 13.6 Å². The molecule has 2 heterocycles. The van der Waals surface area contributed by atoms with Crippen molar-refractivity contribution < 1.29 is 4.39 Å². The van der Waals surface area contributed by atoms with Crippen molar-refractivity contribution in [3.05, 3.63) is 54.9 Å². The lowest BCUT2D eigenvalue weighted by molar-refractivity contribution is 0.611. The summed E-state index contributed by atoms with van der Waals surface area (Å²) in [5.74, 6) is -0.356. The molecule has 0 aliphatic heterocycles. The quantitative estimate of drug-likeness (QED) is 0.786. The lowest BCUT2D eigenvalue weighted by Crippen LogP contribution is -2.05. The molecular weight excluding hydrogens is 259 g/mol. The zero-order valence-corrected chi connectivity index (χ0v) is 10.9. The van der Waals surface area contributed by atoms with Crippen LogP contribution >= 0.6 is 0 Å². The number of aromatic nitrogens is 5. The average Bonchev–Trinajstić information content (AvgIpc) is 3.08. The van der Waals surface area contributed by atoms with Crippen LogP contribution in [-0.4, -0.2) is 24.3 Å². The highest BCUT2D eigenvalue weighted by Gasteiger charge is 2.06. The smallest absolute Gasteiger partial charge is 0.150 e. The molecule has 0 amide bonds. The van der Waals surface area contributed by atoms with Gasteiger partial charge < -0.3 is 9.88 Å². The van der Waals surface area contributed by atoms with Gasteiger partial charge in [0.15, 0.2) is 5.82 Å². The summed E-state index contributed by atoms with van der Waals surface area (Å²) in [7, 11) is 1.92. The first-order valence-corrected chi connectivity index (χ1v) is 6.07. The third-order valence-corrected chi connectivity index (χ3v) is 3.00. The van der Waals surface area contributed by atoms with Gasteiger partial charge in [-0.25, -0.2) is 19.0 Å². The van der Waals surface area contributed by atoms with Crippen LogP contribution < -0.4 is 5.32 Å². The van der Waals surface area contributed by atoms with Gasteiger partial charge in [0.25, 0.3) is 0 Å². The largest absolute Gasteiger partial charge is 0.379 e. The zero-order valence-electron chi connectivity index (χ0n) is 10.9. The molecule has 20 heavy (non-hydrogen) atoms. The maximum Gasteiger partial charge on any atom is 0.150 e. The van der Waals surface area contributed by atoms with Crippen LogP contribution in [0, 0.1) is 5.82 Å². The van der Waals surface area contributed by atoms with E-state index in [-0.39, 0.29) is 5.82 Å². The number of imidazole rings is 1. The number of hydrogen-bond acceptors (Lipinski definition) is 4. The summed E-state index contributed by atoms with van der Waals surface area (Å²) in [5.41, 5.74) is 2.09. The van der Waals surface area contributed by atoms with Gasteiger partial charge in [-0.3, -0.25) is 0 Å². The molecule has 6 nitrogen and oxygen atoms in total. The van der Waals surface area contributed by atoms with Crippen molar-refractivity contribution in [2.75, 3.05) is 5.32 Å². The fraction of sp³-hybridized carbons (Fsp3) is 0.154. The molecule has 102 valence electrons. The van der Waals surface area contributed by atoms with Crippen molar-refractivity contribution in [1.29, 1.82) is 0 Å². The predicted octanol–water partition coefficient (Wildman–Crippen LogP) is 1.75. The van der Waals surface area contributed by atoms with Crippen molar-refractivity contribution in [1.82, 2.24) is 24.3 Å². The Hall–Kier alpha value is -2.70. The molecule has 2 aromatic heterocycles. The van der Waals surface area contributed by atoms with Gasteiger partial charge in [0.05, 0.1) is 18.6 Å². The Morgan fingerprint density at radius 3 is 2.80 bits per heavy atom. The van der Waals surface area contributed by atoms with Gasteiger partial charge in [-0.2, -0.15) is 5.10 Å². The van der Waals surface area contributed by atoms with Crippen molar-refractivity contribution in [2.24, 2.45) is 7.05 Å². The average molecular weight is 272 g/mol. The van der Waals surface area contributed by atoms with Gasteiger partial charge >= 0.3 is 0 Å². The Morgan fingerprint density at radius 2 is 2.15 bits per heavy atom. The summed E-state index contributed by atoms with van der Waals surface area (Å²) in [6.45, 7) is 0.582. The molecule has 0 saturated heterocycles. The van der Waals surface area contributed by atoms with Crippen molar-refractivity contribution >= 4 is 5.69 Å². The van der Waals surface area contributed by atoms with Crippen molar-refractivity contribution in [2.45, 2.75) is 6.54 Å². The fourth-order valence-corrected chi connectivity index (χ4v) is 1.88. The second kappa shape index (κ2) is 5.12. The second-order valence-electron chi connectivity index (χ2n) is 4.36. The van der Waals surface area contributed by atoms with E-state index in [9.17, 15) is 4.39 Å². The van der Waals surface area contributed by atoms with Gasteiger partial charge in [0.2, 0.25) is 0 Å². The molecule has 0 atom stereocenters. The van der Waals surface area contributed by atoms with Crippen molar-refractivity contribution in [3.8, 4) is 5.69 Å². The van der Waals surface area contributed by atoms with Crippen LogP contribution in [0.25, 0.3) is 5.69 Å². The van der Waals surface area contributed by atoms with E-state index >= 15 is 0 Å². The molecule has 1 aromatic carbocycles. The monoisotopic (exact) mass is 272 g/mol. The summed E-state index contributed by atoms with van der Waals surface area (Å²) >= 11 is 0. The first-order chi connectivity index (χ1) is 9.74. The lowest BCUT2D eigenvalue weighted by Gasteiger charge is -2.09. The zero-order chi connectivity index (χ0) is 13.9. The molecule has 3 rings (SSSR count). The minimum atomic E-state index is -0.356. The molecule has 0 bridgehead atoms. The number of nitrogens with one attached hydrogen (secondary N) is 1. The fourth-order valence-electron chi connectivity index (χ4n) is 1.88. The third kappa shape index (κ3) is 2.37. The van der Waals surface area contributed by atoms with Crippen LogP contribution in [0.1, 0.15) is 5.69 Å². The summed E-state index contributed by atoms with van der Waals surface area (Å²) < 4.78 is 17.3. The Labute approximate surface area is 114 Å². The summed E-state index contributed by atoms with van der Waals surface area (Å²) in [6.07, 6.45) is 6.33. The van der Waals surface area contributed by atoms with Gasteiger partial charge in [-0.05, 0) is 18.2 Å². The molecular formula is C13H13FN6. The van der Waals surface area contributed by atoms with E-state index < -0.39 is 0 Å². The summed E-state index contributed by atoms with van der Waals surface area (Å²) in [5, 5.41) is 7.06. The standard InChI is InChI=1S/C13H13FN6/c1-19-8-15-5-11(19)6-17-10-2-3-13(12(14)4-10)20-9-16-7-18-20/h2-5,7-9,17H,6H2,1H3. The number of halogens is 1. The van der Waals surface area contributed by atoms with E-state index in [2.05, 4.69) is 20.4 Å². The van der Waals surface area contributed by atoms with Gasteiger partial charge in [-0.1, -0.05) is 0 Å². The van der Waals surface area contributed by atoms with E-state index in [1.54, 1.807) is 24.7 Å². The Kier molecular flexibility index (Phi) is 3.16. The van der Waals surface area contributed by atoms with Crippen LogP contribution in [0.4, 0.5) is 10.1 Å². The maximum absolute atomic E-state index is 14.0. The Balaban J connectivity index is 1.76. The molecule has 0 spiro atoms. The first-order valence-electron chi connectivity index (χ1n) is 6.07. The topological polar surface area (TPSA) is 60.6 Å². The molecule has 0 unspecified atom stereocenters. The normalized spacial score (nSPS) is 10.7. The summed E-state index contributed by atoms with van der Waals surface area (Å²) in [6, 6.07) is 4.90. The SMILES string of the molecule is Cn1cncc1CNc1ccc(-n2cncn2)c(F)c1. The first kappa shape index (κ1) is 12.3. The van der Waals surface area contributed by atoms with Gasteiger partial charge in [-0.15, -0.1) is 0 Å². The molecule has 0 aliphatic carbocycles. The predicted molar refractivity (Wildman–Crippen MR) is 71.9 cm³/mol. The number of anilines is 1. The Morgan fingerprint density at radius 1 is 1.25 bits per heavy atom. The molecule has 0 radical (unpaired) electrons.